The summed E-state index contributed by atoms with van der Waals surface area (Å²) >= 11 is 6.17. The molecule has 0 radical (unpaired) electrons. The zero-order chi connectivity index (χ0) is 25.4. The summed E-state index contributed by atoms with van der Waals surface area (Å²) in [5.74, 6) is -1.80. The van der Waals surface area contributed by atoms with E-state index < -0.39 is 23.7 Å². The van der Waals surface area contributed by atoms with Crippen LogP contribution in [0.25, 0.3) is 0 Å². The molecular weight excluding hydrogens is 467 g/mol. The minimum atomic E-state index is -0.828. The van der Waals surface area contributed by atoms with Crippen LogP contribution in [0, 0.1) is 5.82 Å². The first kappa shape index (κ1) is 26.6. The summed E-state index contributed by atoms with van der Waals surface area (Å²) in [4.78, 5) is 26.1. The molecule has 2 amide bonds. The van der Waals surface area contributed by atoms with Crippen LogP contribution in [0.4, 0.5) is 4.39 Å². The predicted octanol–water partition coefficient (Wildman–Crippen LogP) is 1.35. The van der Waals surface area contributed by atoms with Crippen LogP contribution in [-0.4, -0.2) is 61.5 Å². The fourth-order valence-electron chi connectivity index (χ4n) is 2.66. The summed E-state index contributed by atoms with van der Waals surface area (Å²) in [5.41, 5.74) is 0.0791. The van der Waals surface area contributed by atoms with Crippen molar-refractivity contribution in [3.8, 4) is 17.2 Å². The Morgan fingerprint density at radius 3 is 2.53 bits per heavy atom. The van der Waals surface area contributed by atoms with Crippen molar-refractivity contribution in [3.63, 3.8) is 0 Å². The number of hydrogen-bond acceptors (Lipinski definition) is 6. The number of carbonyl (C=O) groups excluding carboxylic acids is 2. The topological polar surface area (TPSA) is 126 Å². The van der Waals surface area contributed by atoms with Crippen molar-refractivity contribution < 1.29 is 34.0 Å². The lowest BCUT2D eigenvalue weighted by Crippen LogP contribution is -2.49. The van der Waals surface area contributed by atoms with Crippen molar-refractivity contribution in [2.24, 2.45) is 0 Å². The van der Waals surface area contributed by atoms with E-state index in [-0.39, 0.29) is 45.8 Å². The fraction of sp³-hybridized carbons (Fsp3) is 0.261. The monoisotopic (exact) mass is 493 g/mol. The molecule has 5 N–H and O–H groups in total. The van der Waals surface area contributed by atoms with Gasteiger partial charge in [0.2, 0.25) is 0 Å². The number of hydrogen-bond donors (Lipinski definition) is 4. The third-order valence-corrected chi connectivity index (χ3v) is 4.62. The molecule has 2 aromatic carbocycles. The molecule has 182 valence electrons. The summed E-state index contributed by atoms with van der Waals surface area (Å²) < 4.78 is 25.9. The molecule has 0 unspecified atom stereocenters. The second-order valence-corrected chi connectivity index (χ2v) is 7.81. The number of nitrogens with zero attached hydrogens (tertiary/aromatic N) is 1. The minimum Gasteiger partial charge on any atom is -0.488 e. The molecule has 1 atom stereocenters. The number of amides is 2. The number of aliphatic hydroxyl groups is 1. The zero-order valence-corrected chi connectivity index (χ0v) is 19.9. The zero-order valence-electron chi connectivity index (χ0n) is 19.2. The highest BCUT2D eigenvalue weighted by atomic mass is 35.5. The largest absolute Gasteiger partial charge is 0.488 e. The summed E-state index contributed by atoms with van der Waals surface area (Å²) in [5, 5.41) is 20.3. The highest BCUT2D eigenvalue weighted by Gasteiger charge is 2.20. The molecule has 11 heteroatoms. The Labute approximate surface area is 201 Å². The summed E-state index contributed by atoms with van der Waals surface area (Å²) in [7, 11) is 4.71. The Hall–Kier alpha value is -3.63. The maximum atomic E-state index is 14.7. The number of carbonyl (C=O) groups is 2. The molecule has 0 aromatic heterocycles. The average Bonchev–Trinajstić information content (AvgIpc) is 2.78. The van der Waals surface area contributed by atoms with Crippen LogP contribution in [0.5, 0.6) is 17.2 Å². The average molecular weight is 494 g/mol. The second kappa shape index (κ2) is 12.0. The molecule has 9 nitrogen and oxygen atoms in total. The van der Waals surface area contributed by atoms with Gasteiger partial charge in [0.25, 0.3) is 11.7 Å². The van der Waals surface area contributed by atoms with E-state index in [4.69, 9.17) is 26.5 Å². The maximum Gasteiger partial charge on any atom is 0.339 e. The van der Waals surface area contributed by atoms with Crippen LogP contribution in [-0.2, 0) is 0 Å². The van der Waals surface area contributed by atoms with E-state index in [0.717, 1.165) is 6.07 Å². The lowest BCUT2D eigenvalue weighted by molar-refractivity contribution is -0.115. The van der Waals surface area contributed by atoms with Crippen LogP contribution in [0.3, 0.4) is 0 Å². The molecule has 0 bridgehead atoms. The number of benzene rings is 2. The molecular formula is C23H27ClFN4O5+. The van der Waals surface area contributed by atoms with E-state index in [1.165, 1.54) is 55.5 Å². The van der Waals surface area contributed by atoms with E-state index >= 15 is 0 Å². The highest BCUT2D eigenvalue weighted by molar-refractivity contribution is 6.34. The summed E-state index contributed by atoms with van der Waals surface area (Å²) in [6.07, 6.45) is 2.41. The first-order valence-electron chi connectivity index (χ1n) is 10.1. The van der Waals surface area contributed by atoms with Gasteiger partial charge in [-0.25, -0.2) is 14.5 Å². The van der Waals surface area contributed by atoms with Crippen molar-refractivity contribution in [3.05, 3.63) is 64.6 Å². The molecule has 0 aliphatic carbocycles. The van der Waals surface area contributed by atoms with Gasteiger partial charge in [0.15, 0.2) is 11.6 Å². The fourth-order valence-corrected chi connectivity index (χ4v) is 2.89. The minimum absolute atomic E-state index is 0.00642. The SMILES string of the molecule is CN/C=C\C(=[NH2+])NC(=O)c1cc(Oc2cc(Cl)c(C(=O)N(C)C)cc2F)cc(O[C@@H](C)CO)c1. The molecule has 2 aromatic rings. The van der Waals surface area contributed by atoms with Gasteiger partial charge in [-0.1, -0.05) is 11.6 Å². The van der Waals surface area contributed by atoms with Crippen LogP contribution in [0.1, 0.15) is 27.6 Å². The summed E-state index contributed by atoms with van der Waals surface area (Å²) in [6.45, 7) is 1.36. The molecule has 34 heavy (non-hydrogen) atoms. The van der Waals surface area contributed by atoms with Crippen molar-refractivity contribution in [2.75, 3.05) is 27.7 Å². The van der Waals surface area contributed by atoms with Crippen molar-refractivity contribution in [2.45, 2.75) is 13.0 Å². The molecule has 0 fully saturated rings. The maximum absolute atomic E-state index is 14.7. The molecule has 0 aliphatic rings. The lowest BCUT2D eigenvalue weighted by Gasteiger charge is -2.16. The van der Waals surface area contributed by atoms with Gasteiger partial charge in [-0.15, -0.1) is 0 Å². The highest BCUT2D eigenvalue weighted by Crippen LogP contribution is 2.33. The van der Waals surface area contributed by atoms with Gasteiger partial charge in [0.1, 0.15) is 17.6 Å². The quantitative estimate of drug-likeness (QED) is 0.309. The molecule has 0 spiro atoms. The Morgan fingerprint density at radius 1 is 1.24 bits per heavy atom. The number of halogens is 2. The van der Waals surface area contributed by atoms with Crippen LogP contribution in [0.2, 0.25) is 5.02 Å². The first-order chi connectivity index (χ1) is 16.0. The van der Waals surface area contributed by atoms with E-state index in [1.54, 1.807) is 14.0 Å². The summed E-state index contributed by atoms with van der Waals surface area (Å²) in [6, 6.07) is 6.35. The van der Waals surface area contributed by atoms with Gasteiger partial charge in [-0.2, -0.15) is 0 Å². The van der Waals surface area contributed by atoms with Crippen molar-refractivity contribution >= 4 is 29.3 Å². The number of aliphatic hydroxyl groups excluding tert-OH is 1. The Bertz CT molecular complexity index is 1110. The van der Waals surface area contributed by atoms with E-state index in [0.29, 0.717) is 0 Å². The van der Waals surface area contributed by atoms with Gasteiger partial charge in [0.05, 0.1) is 22.8 Å². The smallest absolute Gasteiger partial charge is 0.339 e. The molecule has 2 rings (SSSR count). The van der Waals surface area contributed by atoms with Gasteiger partial charge in [-0.05, 0) is 25.1 Å². The van der Waals surface area contributed by atoms with E-state index in [2.05, 4.69) is 10.6 Å². The van der Waals surface area contributed by atoms with Crippen LogP contribution < -0.4 is 25.5 Å². The predicted molar refractivity (Wildman–Crippen MR) is 126 cm³/mol. The van der Waals surface area contributed by atoms with Gasteiger partial charge >= 0.3 is 5.91 Å². The molecule has 0 saturated carbocycles. The number of nitrogens with one attached hydrogen (secondary N) is 2. The second-order valence-electron chi connectivity index (χ2n) is 7.40. The number of rotatable bonds is 9. The number of nitrogens with two attached hydrogens (primary N) is 1. The molecule has 0 heterocycles. The number of ether oxygens (including phenoxy) is 2. The Kier molecular flexibility index (Phi) is 9.40. The van der Waals surface area contributed by atoms with Gasteiger partial charge < -0.3 is 24.8 Å². The Balaban J connectivity index is 2.41. The third-order valence-electron chi connectivity index (χ3n) is 4.31. The van der Waals surface area contributed by atoms with E-state index in [1.807, 2.05) is 0 Å². The van der Waals surface area contributed by atoms with Gasteiger partial charge in [0, 0.05) is 45.6 Å². The standard InChI is InChI=1S/C23H26ClFN4O5/c1-13(12-30)33-15-7-14(22(31)28-21(26)5-6-27-2)8-16(9-15)34-20-11-18(24)17(10-19(20)25)23(32)29(3)4/h5-11,13,27,30H,12H2,1-4H3,(H2,26,28,31)/p+1/b6-5-/t13-/m0/s1. The van der Waals surface area contributed by atoms with Gasteiger partial charge in [-0.3, -0.25) is 10.2 Å². The first-order valence-corrected chi connectivity index (χ1v) is 10.5. The van der Waals surface area contributed by atoms with Crippen LogP contribution >= 0.6 is 11.6 Å². The lowest BCUT2D eigenvalue weighted by atomic mass is 10.1. The van der Waals surface area contributed by atoms with Crippen molar-refractivity contribution in [1.29, 1.82) is 0 Å². The van der Waals surface area contributed by atoms with Crippen LogP contribution in [0.15, 0.2) is 42.6 Å². The number of amidine groups is 1. The molecule has 0 saturated heterocycles. The normalized spacial score (nSPS) is 11.6. The van der Waals surface area contributed by atoms with E-state index in [9.17, 15) is 19.1 Å². The van der Waals surface area contributed by atoms with Crippen molar-refractivity contribution in [1.82, 2.24) is 15.5 Å². The Morgan fingerprint density at radius 2 is 1.91 bits per heavy atom. The third kappa shape index (κ3) is 7.19. The molecule has 0 aliphatic heterocycles.